The second-order valence-electron chi connectivity index (χ2n) is 5.01. The average molecular weight is 379 g/mol. The maximum atomic E-state index is 13.6. The van der Waals surface area contributed by atoms with E-state index in [4.69, 9.17) is 0 Å². The van der Waals surface area contributed by atoms with E-state index in [9.17, 15) is 22.0 Å². The molecule has 0 aliphatic heterocycles. The summed E-state index contributed by atoms with van der Waals surface area (Å²) >= 11 is 0.774. The second kappa shape index (κ2) is 6.73. The van der Waals surface area contributed by atoms with Crippen LogP contribution in [0.1, 0.15) is 9.67 Å². The number of amides is 1. The predicted molar refractivity (Wildman–Crippen MR) is 90.5 cm³/mol. The molecule has 0 unspecified atom stereocenters. The van der Waals surface area contributed by atoms with Gasteiger partial charge in [0.1, 0.15) is 15.8 Å². The third kappa shape index (κ3) is 3.59. The number of carbonyl (C=O) groups excluding carboxylic acids is 1. The monoisotopic (exact) mass is 379 g/mol. The van der Waals surface area contributed by atoms with Crippen LogP contribution >= 0.6 is 11.3 Å². The van der Waals surface area contributed by atoms with Crippen LogP contribution in [0.15, 0.2) is 69.8 Å². The maximum absolute atomic E-state index is 13.6. The number of halogens is 2. The van der Waals surface area contributed by atoms with Crippen LogP contribution in [0.3, 0.4) is 0 Å². The number of anilines is 1. The molecule has 25 heavy (non-hydrogen) atoms. The van der Waals surface area contributed by atoms with E-state index in [2.05, 4.69) is 5.32 Å². The molecule has 0 saturated heterocycles. The number of nitrogens with one attached hydrogen (secondary N) is 1. The molecule has 1 amide bonds. The van der Waals surface area contributed by atoms with Gasteiger partial charge in [0.2, 0.25) is 9.84 Å². The average Bonchev–Trinajstić information content (AvgIpc) is 3.09. The largest absolute Gasteiger partial charge is 0.319 e. The van der Waals surface area contributed by atoms with Crippen LogP contribution in [-0.4, -0.2) is 14.3 Å². The Bertz CT molecular complexity index is 1030. The van der Waals surface area contributed by atoms with Crippen molar-refractivity contribution in [1.29, 1.82) is 0 Å². The zero-order chi connectivity index (χ0) is 18.0. The normalized spacial score (nSPS) is 11.3. The fourth-order valence-corrected chi connectivity index (χ4v) is 4.70. The second-order valence-corrected chi connectivity index (χ2v) is 8.27. The molecule has 1 heterocycles. The molecule has 2 aromatic carbocycles. The van der Waals surface area contributed by atoms with Gasteiger partial charge in [0.25, 0.3) is 5.91 Å². The highest BCUT2D eigenvalue weighted by Gasteiger charge is 2.21. The van der Waals surface area contributed by atoms with Crippen LogP contribution in [0, 0.1) is 11.6 Å². The first kappa shape index (κ1) is 17.2. The molecule has 1 aromatic heterocycles. The highest BCUT2D eigenvalue weighted by atomic mass is 32.2. The van der Waals surface area contributed by atoms with Gasteiger partial charge in [0, 0.05) is 6.07 Å². The summed E-state index contributed by atoms with van der Waals surface area (Å²) in [5, 5.41) is 2.29. The van der Waals surface area contributed by atoms with Crippen molar-refractivity contribution in [3.05, 3.63) is 77.2 Å². The fraction of sp³-hybridized carbons (Fsp3) is 0. The molecule has 0 aliphatic rings. The molecule has 3 aromatic rings. The quantitative estimate of drug-likeness (QED) is 0.742. The van der Waals surface area contributed by atoms with Crippen LogP contribution < -0.4 is 5.32 Å². The summed E-state index contributed by atoms with van der Waals surface area (Å²) in [7, 11) is -3.72. The Hall–Kier alpha value is -2.58. The molecule has 0 bridgehead atoms. The summed E-state index contributed by atoms with van der Waals surface area (Å²) in [4.78, 5) is 12.4. The fourth-order valence-electron chi connectivity index (χ4n) is 2.08. The zero-order valence-electron chi connectivity index (χ0n) is 12.6. The molecular weight excluding hydrogens is 368 g/mol. The van der Waals surface area contributed by atoms with Gasteiger partial charge >= 0.3 is 0 Å². The Labute approximate surface area is 146 Å². The number of carbonyl (C=O) groups is 1. The SMILES string of the molecule is O=C(Nc1ccc(F)cc1F)c1ccc(S(=O)(=O)c2ccccc2)s1. The summed E-state index contributed by atoms with van der Waals surface area (Å²) in [6, 6.07) is 13.2. The molecule has 0 fully saturated rings. The van der Waals surface area contributed by atoms with E-state index in [1.807, 2.05) is 0 Å². The number of thiophene rings is 1. The predicted octanol–water partition coefficient (Wildman–Crippen LogP) is 4.11. The Morgan fingerprint density at radius 2 is 1.68 bits per heavy atom. The first-order chi connectivity index (χ1) is 11.9. The number of hydrogen-bond donors (Lipinski definition) is 1. The van der Waals surface area contributed by atoms with Crippen molar-refractivity contribution in [2.75, 3.05) is 5.32 Å². The molecule has 0 spiro atoms. The lowest BCUT2D eigenvalue weighted by Gasteiger charge is -2.05. The van der Waals surface area contributed by atoms with Gasteiger partial charge < -0.3 is 5.32 Å². The molecule has 1 N–H and O–H groups in total. The van der Waals surface area contributed by atoms with Gasteiger partial charge in [-0.1, -0.05) is 18.2 Å². The van der Waals surface area contributed by atoms with E-state index in [0.29, 0.717) is 6.07 Å². The van der Waals surface area contributed by atoms with E-state index in [-0.39, 0.29) is 19.7 Å². The van der Waals surface area contributed by atoms with Crippen LogP contribution in [0.5, 0.6) is 0 Å². The number of benzene rings is 2. The highest BCUT2D eigenvalue weighted by molar-refractivity contribution is 7.93. The van der Waals surface area contributed by atoms with Gasteiger partial charge in [0.15, 0.2) is 0 Å². The van der Waals surface area contributed by atoms with Crippen molar-refractivity contribution in [2.24, 2.45) is 0 Å². The summed E-state index contributed by atoms with van der Waals surface area (Å²) in [6.45, 7) is 0. The van der Waals surface area contributed by atoms with Crippen molar-refractivity contribution < 1.29 is 22.0 Å². The molecule has 0 saturated carbocycles. The standard InChI is InChI=1S/C17H11F2NO3S2/c18-11-6-7-14(13(19)10-11)20-17(21)15-8-9-16(24-15)25(22,23)12-4-2-1-3-5-12/h1-10H,(H,20,21). The molecule has 0 radical (unpaired) electrons. The van der Waals surface area contributed by atoms with Crippen LogP contribution in [0.25, 0.3) is 0 Å². The van der Waals surface area contributed by atoms with Crippen molar-refractivity contribution in [3.63, 3.8) is 0 Å². The van der Waals surface area contributed by atoms with Gasteiger partial charge in [-0.3, -0.25) is 4.79 Å². The first-order valence-electron chi connectivity index (χ1n) is 7.04. The van der Waals surface area contributed by atoms with Gasteiger partial charge in [-0.05, 0) is 36.4 Å². The Balaban J connectivity index is 1.85. The van der Waals surface area contributed by atoms with E-state index in [1.54, 1.807) is 18.2 Å². The molecule has 3 rings (SSSR count). The number of sulfone groups is 1. The minimum absolute atomic E-state index is 0.00317. The summed E-state index contributed by atoms with van der Waals surface area (Å²) in [5.41, 5.74) is -0.188. The first-order valence-corrected chi connectivity index (χ1v) is 9.34. The Kier molecular flexibility index (Phi) is 4.65. The minimum Gasteiger partial charge on any atom is -0.319 e. The summed E-state index contributed by atoms with van der Waals surface area (Å²) in [5.74, 6) is -2.35. The van der Waals surface area contributed by atoms with Gasteiger partial charge in [-0.15, -0.1) is 11.3 Å². The molecule has 8 heteroatoms. The van der Waals surface area contributed by atoms with Crippen LogP contribution in [0.2, 0.25) is 0 Å². The van der Waals surface area contributed by atoms with Crippen LogP contribution in [-0.2, 0) is 9.84 Å². The van der Waals surface area contributed by atoms with E-state index in [0.717, 1.165) is 23.5 Å². The molecule has 128 valence electrons. The lowest BCUT2D eigenvalue weighted by molar-refractivity contribution is 0.103. The van der Waals surface area contributed by atoms with Crippen molar-refractivity contribution in [2.45, 2.75) is 9.10 Å². The number of rotatable bonds is 4. The summed E-state index contributed by atoms with van der Waals surface area (Å²) < 4.78 is 51.5. The molecule has 4 nitrogen and oxygen atoms in total. The molecule has 0 aliphatic carbocycles. The zero-order valence-corrected chi connectivity index (χ0v) is 14.2. The number of hydrogen-bond acceptors (Lipinski definition) is 4. The topological polar surface area (TPSA) is 63.2 Å². The van der Waals surface area contributed by atoms with Crippen molar-refractivity contribution in [3.8, 4) is 0 Å². The minimum atomic E-state index is -3.72. The van der Waals surface area contributed by atoms with Crippen LogP contribution in [0.4, 0.5) is 14.5 Å². The third-order valence-corrected chi connectivity index (χ3v) is 6.65. The molecular formula is C17H11F2NO3S2. The maximum Gasteiger partial charge on any atom is 0.265 e. The highest BCUT2D eigenvalue weighted by Crippen LogP contribution is 2.28. The van der Waals surface area contributed by atoms with E-state index >= 15 is 0 Å². The smallest absolute Gasteiger partial charge is 0.265 e. The van der Waals surface area contributed by atoms with E-state index < -0.39 is 27.4 Å². The Morgan fingerprint density at radius 1 is 0.960 bits per heavy atom. The lowest BCUT2D eigenvalue weighted by atomic mass is 10.3. The Morgan fingerprint density at radius 3 is 2.36 bits per heavy atom. The van der Waals surface area contributed by atoms with E-state index in [1.165, 1.54) is 24.3 Å². The van der Waals surface area contributed by atoms with Gasteiger partial charge in [-0.25, -0.2) is 17.2 Å². The van der Waals surface area contributed by atoms with Gasteiger partial charge in [0.05, 0.1) is 15.5 Å². The van der Waals surface area contributed by atoms with Crippen molar-refractivity contribution >= 4 is 32.8 Å². The third-order valence-electron chi connectivity index (χ3n) is 3.30. The lowest BCUT2D eigenvalue weighted by Crippen LogP contribution is -2.11. The summed E-state index contributed by atoms with van der Waals surface area (Å²) in [6.07, 6.45) is 0. The van der Waals surface area contributed by atoms with Crippen molar-refractivity contribution in [1.82, 2.24) is 0 Å². The van der Waals surface area contributed by atoms with Gasteiger partial charge in [-0.2, -0.15) is 0 Å². The molecule has 0 atom stereocenters.